The highest BCUT2D eigenvalue weighted by atomic mass is 14.3. The zero-order valence-corrected chi connectivity index (χ0v) is 37.4. The second kappa shape index (κ2) is 14.7. The highest BCUT2D eigenvalue weighted by Crippen LogP contribution is 2.56. The Morgan fingerprint density at radius 2 is 0.603 bits per heavy atom. The first kappa shape index (κ1) is 39.4. The van der Waals surface area contributed by atoms with Crippen LogP contribution in [0.15, 0.2) is 97.1 Å². The van der Waals surface area contributed by atoms with E-state index in [4.69, 9.17) is 0 Å². The van der Waals surface area contributed by atoms with Gasteiger partial charge in [-0.2, -0.15) is 0 Å². The standard InChI is InChI=1S/C58H60/c1-31(2)43-18-22-48-49(29-43)54(46-20-16-34(6)24-38(46)10)57-53(45-19-15-33(5)23-37(45)9)47-21-17-44(32(3)4)30-50(47)56(52-41(13)27-36(8)28-42(52)14)58(57)55(48)51-39(11)25-35(7)26-40(51)12/h15-32H,1-14H3. The molecule has 0 heterocycles. The van der Waals surface area contributed by atoms with E-state index in [-0.39, 0.29) is 0 Å². The Labute approximate surface area is 348 Å². The molecular weight excluding hydrogens is 697 g/mol. The van der Waals surface area contributed by atoms with Crippen LogP contribution < -0.4 is 0 Å². The number of hydrogen-bond acceptors (Lipinski definition) is 0. The van der Waals surface area contributed by atoms with Crippen molar-refractivity contribution in [1.29, 1.82) is 0 Å². The summed E-state index contributed by atoms with van der Waals surface area (Å²) in [7, 11) is 0. The van der Waals surface area contributed by atoms with Crippen LogP contribution in [0.2, 0.25) is 0 Å². The Balaban J connectivity index is 1.86. The molecule has 0 fully saturated rings. The number of hydrogen-bond donors (Lipinski definition) is 0. The van der Waals surface area contributed by atoms with E-state index < -0.39 is 0 Å². The third-order valence-electron chi connectivity index (χ3n) is 12.9. The van der Waals surface area contributed by atoms with Gasteiger partial charge in [0.1, 0.15) is 0 Å². The molecule has 0 aliphatic carbocycles. The van der Waals surface area contributed by atoms with E-state index >= 15 is 0 Å². The predicted octanol–water partition coefficient (Wildman–Crippen LogP) is 17.1. The van der Waals surface area contributed by atoms with Crippen molar-refractivity contribution in [3.8, 4) is 44.5 Å². The number of fused-ring (bicyclic) bond motifs is 3. The van der Waals surface area contributed by atoms with Crippen molar-refractivity contribution in [3.63, 3.8) is 0 Å². The maximum absolute atomic E-state index is 2.54. The van der Waals surface area contributed by atoms with Gasteiger partial charge < -0.3 is 0 Å². The monoisotopic (exact) mass is 756 g/mol. The largest absolute Gasteiger partial charge is 0.0587 e. The van der Waals surface area contributed by atoms with E-state index in [0.29, 0.717) is 11.8 Å². The van der Waals surface area contributed by atoms with Gasteiger partial charge in [0, 0.05) is 0 Å². The summed E-state index contributed by atoms with van der Waals surface area (Å²) >= 11 is 0. The Bertz CT molecular complexity index is 2930. The highest BCUT2D eigenvalue weighted by molar-refractivity contribution is 6.34. The molecule has 58 heavy (non-hydrogen) atoms. The van der Waals surface area contributed by atoms with Crippen molar-refractivity contribution >= 4 is 32.3 Å². The third kappa shape index (κ3) is 6.46. The zero-order valence-electron chi connectivity index (χ0n) is 37.4. The summed E-state index contributed by atoms with van der Waals surface area (Å²) in [6, 6.07) is 38.6. The zero-order chi connectivity index (χ0) is 41.5. The van der Waals surface area contributed by atoms with Crippen LogP contribution in [0.25, 0.3) is 76.8 Å². The van der Waals surface area contributed by atoms with Crippen LogP contribution in [0.3, 0.4) is 0 Å². The minimum atomic E-state index is 0.385. The van der Waals surface area contributed by atoms with Crippen molar-refractivity contribution in [2.24, 2.45) is 0 Å². The van der Waals surface area contributed by atoms with Gasteiger partial charge in [0.25, 0.3) is 0 Å². The molecule has 0 aromatic heterocycles. The van der Waals surface area contributed by atoms with Crippen molar-refractivity contribution in [3.05, 3.63) is 164 Å². The van der Waals surface area contributed by atoms with Crippen LogP contribution in [0.1, 0.15) is 106 Å². The fourth-order valence-electron chi connectivity index (χ4n) is 10.4. The fourth-order valence-corrected chi connectivity index (χ4v) is 10.4. The van der Waals surface area contributed by atoms with Crippen LogP contribution in [-0.2, 0) is 0 Å². The average Bonchev–Trinajstić information content (AvgIpc) is 3.14. The number of benzene rings is 8. The lowest BCUT2D eigenvalue weighted by atomic mass is 9.74. The van der Waals surface area contributed by atoms with Gasteiger partial charge in [-0.05, 0) is 202 Å². The lowest BCUT2D eigenvalue weighted by molar-refractivity contribution is 0.869. The summed E-state index contributed by atoms with van der Waals surface area (Å²) in [6.45, 7) is 32.2. The first-order valence-corrected chi connectivity index (χ1v) is 21.4. The first-order chi connectivity index (χ1) is 27.5. The molecule has 8 aromatic carbocycles. The summed E-state index contributed by atoms with van der Waals surface area (Å²) in [4.78, 5) is 0. The molecule has 0 atom stereocenters. The van der Waals surface area contributed by atoms with Crippen molar-refractivity contribution < 1.29 is 0 Å². The summed E-state index contributed by atoms with van der Waals surface area (Å²) < 4.78 is 0. The van der Waals surface area contributed by atoms with Crippen LogP contribution in [-0.4, -0.2) is 0 Å². The molecule has 0 amide bonds. The molecule has 8 aromatic rings. The normalized spacial score (nSPS) is 11.9. The summed E-state index contributed by atoms with van der Waals surface area (Å²) in [6.07, 6.45) is 0. The quantitative estimate of drug-likeness (QED) is 0.148. The molecule has 0 aliphatic heterocycles. The molecule has 0 N–H and O–H groups in total. The highest BCUT2D eigenvalue weighted by Gasteiger charge is 2.29. The molecular formula is C58H60. The third-order valence-corrected chi connectivity index (χ3v) is 12.9. The minimum absolute atomic E-state index is 0.385. The molecule has 0 saturated carbocycles. The summed E-state index contributed by atoms with van der Waals surface area (Å²) in [5.41, 5.74) is 26.5. The number of aryl methyl sites for hydroxylation is 10. The SMILES string of the molecule is Cc1ccc(-c2c3cc(C(C)C)ccc3c(-c3c(C)cc(C)cc3C)c3c(-c4c(C)cc(C)cc4C)c4cc(C(C)C)ccc4c(-c4ccc(C)cc4C)c23)c(C)c1. The maximum Gasteiger partial charge on any atom is -0.0000982 e. The van der Waals surface area contributed by atoms with Gasteiger partial charge in [0.2, 0.25) is 0 Å². The topological polar surface area (TPSA) is 0 Å². The smallest absolute Gasteiger partial charge is 0.0000982 e. The Kier molecular flexibility index (Phi) is 10.00. The van der Waals surface area contributed by atoms with E-state index in [9.17, 15) is 0 Å². The van der Waals surface area contributed by atoms with Crippen LogP contribution >= 0.6 is 0 Å². The lowest BCUT2D eigenvalue weighted by Crippen LogP contribution is -2.03. The van der Waals surface area contributed by atoms with E-state index in [1.54, 1.807) is 0 Å². The Morgan fingerprint density at radius 3 is 1.00 bits per heavy atom. The molecule has 0 unspecified atom stereocenters. The van der Waals surface area contributed by atoms with Crippen LogP contribution in [0.5, 0.6) is 0 Å². The molecule has 8 rings (SSSR count). The molecule has 0 heteroatoms. The maximum atomic E-state index is 2.54. The van der Waals surface area contributed by atoms with Gasteiger partial charge in [-0.25, -0.2) is 0 Å². The summed E-state index contributed by atoms with van der Waals surface area (Å²) in [5, 5.41) is 7.99. The molecule has 0 nitrogen and oxygen atoms in total. The molecule has 0 saturated heterocycles. The second-order valence-electron chi connectivity index (χ2n) is 18.4. The van der Waals surface area contributed by atoms with Gasteiger partial charge >= 0.3 is 0 Å². The van der Waals surface area contributed by atoms with Crippen LogP contribution in [0, 0.1) is 69.2 Å². The summed E-state index contributed by atoms with van der Waals surface area (Å²) in [5.74, 6) is 0.771. The van der Waals surface area contributed by atoms with E-state index in [2.05, 4.69) is 194 Å². The minimum Gasteiger partial charge on any atom is -0.0587 e. The van der Waals surface area contributed by atoms with Gasteiger partial charge in [-0.3, -0.25) is 0 Å². The van der Waals surface area contributed by atoms with Gasteiger partial charge in [-0.15, -0.1) is 0 Å². The molecule has 0 bridgehead atoms. The van der Waals surface area contributed by atoms with E-state index in [0.717, 1.165) is 0 Å². The van der Waals surface area contributed by atoms with Gasteiger partial charge in [-0.1, -0.05) is 147 Å². The van der Waals surface area contributed by atoms with Crippen molar-refractivity contribution in [2.75, 3.05) is 0 Å². The predicted molar refractivity (Wildman–Crippen MR) is 256 cm³/mol. The first-order valence-electron chi connectivity index (χ1n) is 21.4. The molecule has 0 radical (unpaired) electrons. The Morgan fingerprint density at radius 1 is 0.276 bits per heavy atom. The molecule has 0 aliphatic rings. The second-order valence-corrected chi connectivity index (χ2v) is 18.4. The van der Waals surface area contributed by atoms with Crippen molar-refractivity contribution in [1.82, 2.24) is 0 Å². The fraction of sp³-hybridized carbons (Fsp3) is 0.276. The molecule has 0 spiro atoms. The molecule has 292 valence electrons. The Hall–Kier alpha value is -5.46. The lowest BCUT2D eigenvalue weighted by Gasteiger charge is -2.29. The van der Waals surface area contributed by atoms with Crippen molar-refractivity contribution in [2.45, 2.75) is 109 Å². The van der Waals surface area contributed by atoms with Crippen LogP contribution in [0.4, 0.5) is 0 Å². The van der Waals surface area contributed by atoms with Gasteiger partial charge in [0.05, 0.1) is 0 Å². The number of rotatable bonds is 6. The van der Waals surface area contributed by atoms with E-state index in [1.807, 2.05) is 0 Å². The van der Waals surface area contributed by atoms with Gasteiger partial charge in [0.15, 0.2) is 0 Å². The average molecular weight is 757 g/mol. The van der Waals surface area contributed by atoms with E-state index in [1.165, 1.54) is 144 Å².